The van der Waals surface area contributed by atoms with Crippen molar-refractivity contribution < 1.29 is 30.8 Å². The van der Waals surface area contributed by atoms with Gasteiger partial charge in [-0.25, -0.2) is 4.98 Å². The van der Waals surface area contributed by atoms with Crippen LogP contribution in [0.2, 0.25) is 0 Å². The van der Waals surface area contributed by atoms with Crippen molar-refractivity contribution >= 4 is 11.8 Å². The monoisotopic (exact) mass is 419 g/mol. The lowest BCUT2D eigenvalue weighted by Crippen LogP contribution is -2.06. The Morgan fingerprint density at radius 1 is 0.893 bits per heavy atom. The lowest BCUT2D eigenvalue weighted by Gasteiger charge is -2.10. The van der Waals surface area contributed by atoms with Crippen LogP contribution in [0.3, 0.4) is 0 Å². The van der Waals surface area contributed by atoms with E-state index in [4.69, 9.17) is 4.42 Å². The fourth-order valence-electron chi connectivity index (χ4n) is 2.26. The molecular formula is C17H11F6N3OS. The van der Waals surface area contributed by atoms with E-state index >= 15 is 0 Å². The van der Waals surface area contributed by atoms with Gasteiger partial charge in [-0.05, 0) is 36.1 Å². The third kappa shape index (κ3) is 4.29. The van der Waals surface area contributed by atoms with Crippen molar-refractivity contribution in [3.63, 3.8) is 0 Å². The molecule has 0 N–H and O–H groups in total. The number of rotatable bonds is 4. The van der Waals surface area contributed by atoms with Crippen LogP contribution in [0, 0.1) is 0 Å². The van der Waals surface area contributed by atoms with Crippen LogP contribution in [0.4, 0.5) is 26.3 Å². The van der Waals surface area contributed by atoms with Gasteiger partial charge in [0.05, 0.1) is 11.1 Å². The minimum atomic E-state index is -4.55. The number of nitrogens with zero attached hydrogens (tertiary/aromatic N) is 3. The number of aromatic nitrogens is 3. The summed E-state index contributed by atoms with van der Waals surface area (Å²) in [5, 5.41) is 7.53. The standard InChI is InChI=1S/C17H11F6N3OS/c1-2-28-12-7-11(17(21,22)23)8-24-13(12)15-26-25-14(27-15)9-3-5-10(6-4-9)16(18,19)20/h3-8H,2H2,1H3. The van der Waals surface area contributed by atoms with Gasteiger partial charge in [-0.15, -0.1) is 22.0 Å². The van der Waals surface area contributed by atoms with Crippen LogP contribution < -0.4 is 0 Å². The first kappa shape index (κ1) is 20.2. The summed E-state index contributed by atoms with van der Waals surface area (Å²) >= 11 is 1.12. The molecule has 28 heavy (non-hydrogen) atoms. The largest absolute Gasteiger partial charge is 0.417 e. The summed E-state index contributed by atoms with van der Waals surface area (Å²) in [6.45, 7) is 1.76. The molecule has 0 spiro atoms. The van der Waals surface area contributed by atoms with E-state index in [0.29, 0.717) is 11.9 Å². The van der Waals surface area contributed by atoms with Gasteiger partial charge < -0.3 is 4.42 Å². The van der Waals surface area contributed by atoms with E-state index in [0.717, 1.165) is 30.0 Å². The summed E-state index contributed by atoms with van der Waals surface area (Å²) in [4.78, 5) is 4.01. The predicted molar refractivity (Wildman–Crippen MR) is 89.4 cm³/mol. The maximum atomic E-state index is 12.9. The number of hydrogen-bond donors (Lipinski definition) is 0. The lowest BCUT2D eigenvalue weighted by molar-refractivity contribution is -0.138. The molecule has 0 bridgehead atoms. The number of halogens is 6. The lowest BCUT2D eigenvalue weighted by atomic mass is 10.1. The van der Waals surface area contributed by atoms with Crippen molar-refractivity contribution in [2.45, 2.75) is 24.2 Å². The first-order valence-corrected chi connectivity index (χ1v) is 8.79. The summed E-state index contributed by atoms with van der Waals surface area (Å²) in [6.07, 6.45) is -8.36. The average molecular weight is 419 g/mol. The quantitative estimate of drug-likeness (QED) is 0.387. The van der Waals surface area contributed by atoms with Crippen LogP contribution in [-0.2, 0) is 12.4 Å². The van der Waals surface area contributed by atoms with Gasteiger partial charge in [0.2, 0.25) is 5.89 Å². The van der Waals surface area contributed by atoms with Crippen molar-refractivity contribution in [3.8, 4) is 23.0 Å². The van der Waals surface area contributed by atoms with E-state index < -0.39 is 23.5 Å². The summed E-state index contributed by atoms with van der Waals surface area (Å²) in [5.41, 5.74) is -1.43. The molecule has 0 aliphatic carbocycles. The zero-order valence-corrected chi connectivity index (χ0v) is 14.9. The molecule has 0 atom stereocenters. The first-order valence-electron chi connectivity index (χ1n) is 7.81. The molecule has 0 saturated carbocycles. The molecule has 0 saturated heterocycles. The fourth-order valence-corrected chi connectivity index (χ4v) is 3.06. The van der Waals surface area contributed by atoms with E-state index in [1.165, 1.54) is 12.1 Å². The van der Waals surface area contributed by atoms with E-state index in [1.807, 2.05) is 0 Å². The average Bonchev–Trinajstić information content (AvgIpc) is 3.10. The molecular weight excluding hydrogens is 408 g/mol. The highest BCUT2D eigenvalue weighted by atomic mass is 32.2. The Bertz CT molecular complexity index is 966. The van der Waals surface area contributed by atoms with Crippen LogP contribution in [0.25, 0.3) is 23.0 Å². The second-order valence-corrected chi connectivity index (χ2v) is 6.79. The highest BCUT2D eigenvalue weighted by Crippen LogP contribution is 2.36. The van der Waals surface area contributed by atoms with Crippen LogP contribution in [0.1, 0.15) is 18.1 Å². The molecule has 1 aromatic carbocycles. The van der Waals surface area contributed by atoms with Gasteiger partial charge in [0.1, 0.15) is 5.69 Å². The Hall–Kier alpha value is -2.56. The first-order chi connectivity index (χ1) is 13.1. The SMILES string of the molecule is CCSc1cc(C(F)(F)F)cnc1-c1nnc(-c2ccc(C(F)(F)F)cc2)o1. The van der Waals surface area contributed by atoms with E-state index in [1.54, 1.807) is 6.92 Å². The molecule has 2 aromatic heterocycles. The maximum absolute atomic E-state index is 12.9. The Labute approximate surface area is 159 Å². The smallest absolute Gasteiger partial charge is 0.415 e. The number of thioether (sulfide) groups is 1. The van der Waals surface area contributed by atoms with Gasteiger partial charge in [0, 0.05) is 16.7 Å². The molecule has 4 nitrogen and oxygen atoms in total. The zero-order valence-electron chi connectivity index (χ0n) is 14.1. The van der Waals surface area contributed by atoms with Crippen LogP contribution >= 0.6 is 11.8 Å². The molecule has 148 valence electrons. The highest BCUT2D eigenvalue weighted by molar-refractivity contribution is 7.99. The van der Waals surface area contributed by atoms with Crippen LogP contribution in [0.5, 0.6) is 0 Å². The van der Waals surface area contributed by atoms with Gasteiger partial charge in [0.25, 0.3) is 5.89 Å². The van der Waals surface area contributed by atoms with Crippen molar-refractivity contribution in [3.05, 3.63) is 47.7 Å². The predicted octanol–water partition coefficient (Wildman–Crippen LogP) is 5.95. The van der Waals surface area contributed by atoms with Gasteiger partial charge in [0.15, 0.2) is 0 Å². The summed E-state index contributed by atoms with van der Waals surface area (Å²) in [7, 11) is 0. The Morgan fingerprint density at radius 2 is 1.50 bits per heavy atom. The minimum absolute atomic E-state index is 0.0714. The molecule has 0 aliphatic rings. The number of alkyl halides is 6. The number of pyridine rings is 1. The summed E-state index contributed by atoms with van der Waals surface area (Å²) in [6, 6.07) is 5.02. The molecule has 11 heteroatoms. The Balaban J connectivity index is 1.95. The molecule has 3 aromatic rings. The second-order valence-electron chi connectivity index (χ2n) is 5.49. The third-order valence-electron chi connectivity index (χ3n) is 3.57. The van der Waals surface area contributed by atoms with Crippen LogP contribution in [0.15, 0.2) is 45.8 Å². The summed E-state index contributed by atoms with van der Waals surface area (Å²) < 4.78 is 82.1. The topological polar surface area (TPSA) is 51.8 Å². The Kier molecular flexibility index (Phi) is 5.37. The second kappa shape index (κ2) is 7.46. The van der Waals surface area contributed by atoms with Gasteiger partial charge in [-0.3, -0.25) is 0 Å². The minimum Gasteiger partial charge on any atom is -0.415 e. The third-order valence-corrected chi connectivity index (χ3v) is 4.48. The molecule has 2 heterocycles. The molecule has 0 aliphatic heterocycles. The van der Waals surface area contributed by atoms with Gasteiger partial charge in [-0.2, -0.15) is 26.3 Å². The Morgan fingerprint density at radius 3 is 2.07 bits per heavy atom. The van der Waals surface area contributed by atoms with Crippen molar-refractivity contribution in [2.24, 2.45) is 0 Å². The summed E-state index contributed by atoms with van der Waals surface area (Å²) in [5.74, 6) is 0.285. The van der Waals surface area contributed by atoms with E-state index in [-0.39, 0.29) is 27.9 Å². The molecule has 3 rings (SSSR count). The van der Waals surface area contributed by atoms with E-state index in [9.17, 15) is 26.3 Å². The zero-order chi connectivity index (χ0) is 20.5. The number of benzene rings is 1. The molecule has 0 radical (unpaired) electrons. The van der Waals surface area contributed by atoms with Crippen molar-refractivity contribution in [2.75, 3.05) is 5.75 Å². The molecule has 0 fully saturated rings. The fraction of sp³-hybridized carbons (Fsp3) is 0.235. The van der Waals surface area contributed by atoms with Crippen molar-refractivity contribution in [1.29, 1.82) is 0 Å². The van der Waals surface area contributed by atoms with Crippen LogP contribution in [-0.4, -0.2) is 20.9 Å². The van der Waals surface area contributed by atoms with E-state index in [2.05, 4.69) is 15.2 Å². The maximum Gasteiger partial charge on any atom is 0.417 e. The highest BCUT2D eigenvalue weighted by Gasteiger charge is 2.32. The molecule has 0 unspecified atom stereocenters. The normalized spacial score (nSPS) is 12.4. The van der Waals surface area contributed by atoms with Gasteiger partial charge >= 0.3 is 12.4 Å². The number of hydrogen-bond acceptors (Lipinski definition) is 5. The van der Waals surface area contributed by atoms with Crippen molar-refractivity contribution in [1.82, 2.24) is 15.2 Å². The van der Waals surface area contributed by atoms with Gasteiger partial charge in [-0.1, -0.05) is 6.92 Å². The molecule has 0 amide bonds.